The first kappa shape index (κ1) is 66.4. The Morgan fingerprint density at radius 2 is 0.756 bits per heavy atom. The lowest BCUT2D eigenvalue weighted by Gasteiger charge is -2.35. The molecule has 8 atom stereocenters. The quantitative estimate of drug-likeness (QED) is 0.0776. The van der Waals surface area contributed by atoms with Crippen LogP contribution in [-0.2, 0) is 83.2 Å². The van der Waals surface area contributed by atoms with Crippen LogP contribution in [0.1, 0.15) is 117 Å². The van der Waals surface area contributed by atoms with Crippen LogP contribution in [0.25, 0.3) is 0 Å². The van der Waals surface area contributed by atoms with E-state index in [0.29, 0.717) is 33.7 Å². The number of imidazole rings is 2. The van der Waals surface area contributed by atoms with Crippen LogP contribution < -0.4 is 0 Å². The molecule has 0 aliphatic carbocycles. The Hall–Kier alpha value is -6.42. The van der Waals surface area contributed by atoms with E-state index in [1.807, 2.05) is 101 Å². The highest BCUT2D eigenvalue weighted by Crippen LogP contribution is 2.25. The number of carbonyl (C=O) groups is 8. The monoisotopic (exact) mass is 1260 g/mol. The van der Waals surface area contributed by atoms with Crippen molar-refractivity contribution >= 4 is 79.4 Å². The Morgan fingerprint density at radius 1 is 0.439 bits per heavy atom. The summed E-state index contributed by atoms with van der Waals surface area (Å²) in [5, 5.41) is 0. The Morgan fingerprint density at radius 3 is 1.11 bits per heavy atom. The number of hydrogen-bond donors (Lipinski definition) is 0. The molecule has 5 rings (SSSR count). The maximum atomic E-state index is 15.1. The summed E-state index contributed by atoms with van der Waals surface area (Å²) < 4.78 is 29.3. The molecule has 82 heavy (non-hydrogen) atoms. The SMILES string of the molecule is CC(C)C[C@H]1C(=O)O[C@H](Cc2cccc(Cn3ccnc3Br)c2)C(=O)N(C)[C@@H](CC(C)C)C(=O)O[C@H](C)C(=O)N(C)[C@@H](CC(C)C)C(=O)O[C@H](Cc2ccc(Cn3ccnc3Br)cc2)C(=O)N(C)[C@@H](CC(C)C)C(=O)O[C@H](C)C(=O)N1C. The number of halogens is 2. The Bertz CT molecular complexity index is 2840. The summed E-state index contributed by atoms with van der Waals surface area (Å²) >= 11 is 6.90. The van der Waals surface area contributed by atoms with E-state index in [2.05, 4.69) is 41.8 Å². The highest BCUT2D eigenvalue weighted by atomic mass is 79.9. The Labute approximate surface area is 499 Å². The Balaban J connectivity index is 1.60. The topological polar surface area (TPSA) is 222 Å². The highest BCUT2D eigenvalue weighted by Gasteiger charge is 2.43. The summed E-state index contributed by atoms with van der Waals surface area (Å²) in [5.41, 5.74) is 2.98. The van der Waals surface area contributed by atoms with Crippen LogP contribution in [0.3, 0.4) is 0 Å². The molecule has 0 unspecified atom stereocenters. The number of likely N-dealkylation sites (N-methyl/N-ethyl adjacent to an activating group) is 4. The van der Waals surface area contributed by atoms with Crippen LogP contribution in [0.4, 0.5) is 0 Å². The summed E-state index contributed by atoms with van der Waals surface area (Å²) in [6, 6.07) is 9.53. The van der Waals surface area contributed by atoms with Crippen molar-refractivity contribution in [2.45, 2.75) is 169 Å². The van der Waals surface area contributed by atoms with E-state index in [1.165, 1.54) is 42.0 Å². The van der Waals surface area contributed by atoms with Gasteiger partial charge in [0.15, 0.2) is 33.9 Å². The van der Waals surface area contributed by atoms with Gasteiger partial charge < -0.3 is 47.7 Å². The van der Waals surface area contributed by atoms with Gasteiger partial charge in [0.05, 0.1) is 0 Å². The molecule has 0 saturated carbocycles. The third-order valence-electron chi connectivity index (χ3n) is 14.4. The molecular formula is C60H82Br2N8O12. The fourth-order valence-electron chi connectivity index (χ4n) is 9.80. The molecule has 4 aromatic rings. The van der Waals surface area contributed by atoms with Crippen LogP contribution in [0, 0.1) is 23.7 Å². The first-order valence-electron chi connectivity index (χ1n) is 27.9. The van der Waals surface area contributed by atoms with Crippen LogP contribution in [-0.4, -0.2) is 163 Å². The fourth-order valence-corrected chi connectivity index (χ4v) is 10.5. The number of nitrogens with zero attached hydrogens (tertiary/aromatic N) is 8. The molecule has 3 heterocycles. The molecule has 1 fully saturated rings. The average molecular weight is 1270 g/mol. The molecule has 0 radical (unpaired) electrons. The zero-order valence-electron chi connectivity index (χ0n) is 49.7. The number of hydrogen-bond acceptors (Lipinski definition) is 14. The number of ether oxygens (including phenoxy) is 4. The van der Waals surface area contributed by atoms with Crippen molar-refractivity contribution in [3.05, 3.63) is 105 Å². The maximum Gasteiger partial charge on any atom is 0.329 e. The van der Waals surface area contributed by atoms with Crippen molar-refractivity contribution in [2.75, 3.05) is 28.2 Å². The minimum atomic E-state index is -1.55. The minimum Gasteiger partial charge on any atom is -0.451 e. The van der Waals surface area contributed by atoms with E-state index in [-0.39, 0.29) is 62.2 Å². The normalized spacial score (nSPS) is 23.0. The van der Waals surface area contributed by atoms with E-state index in [4.69, 9.17) is 18.9 Å². The second-order valence-corrected chi connectivity index (χ2v) is 24.5. The number of carbonyl (C=O) groups excluding carboxylic acids is 8. The van der Waals surface area contributed by atoms with Gasteiger partial charge in [-0.2, -0.15) is 0 Å². The number of cyclic esters (lactones) is 4. The molecule has 1 saturated heterocycles. The molecule has 20 nitrogen and oxygen atoms in total. The molecule has 0 bridgehead atoms. The lowest BCUT2D eigenvalue weighted by Crippen LogP contribution is -2.55. The fraction of sp³-hybridized carbons (Fsp3) is 0.567. The van der Waals surface area contributed by atoms with Crippen LogP contribution >= 0.6 is 31.9 Å². The van der Waals surface area contributed by atoms with Crippen molar-refractivity contribution in [1.29, 1.82) is 0 Å². The number of aromatic nitrogens is 4. The summed E-state index contributed by atoms with van der Waals surface area (Å²) in [6.45, 7) is 18.4. The number of rotatable bonds is 16. The van der Waals surface area contributed by atoms with Gasteiger partial charge in [-0.15, -0.1) is 0 Å². The van der Waals surface area contributed by atoms with Gasteiger partial charge in [0.1, 0.15) is 24.2 Å². The van der Waals surface area contributed by atoms with E-state index in [0.717, 1.165) is 30.7 Å². The van der Waals surface area contributed by atoms with Crippen LogP contribution in [0.15, 0.2) is 82.8 Å². The van der Waals surface area contributed by atoms with Gasteiger partial charge in [0, 0.05) is 78.9 Å². The van der Waals surface area contributed by atoms with Gasteiger partial charge in [0.2, 0.25) is 0 Å². The molecule has 2 aromatic heterocycles. The van der Waals surface area contributed by atoms with Crippen molar-refractivity contribution in [1.82, 2.24) is 38.7 Å². The molecule has 4 amide bonds. The first-order valence-corrected chi connectivity index (χ1v) is 29.5. The van der Waals surface area contributed by atoms with Gasteiger partial charge >= 0.3 is 23.9 Å². The minimum absolute atomic E-state index is 0.0763. The second-order valence-electron chi connectivity index (χ2n) is 23.1. The van der Waals surface area contributed by atoms with Gasteiger partial charge in [-0.3, -0.25) is 19.2 Å². The van der Waals surface area contributed by atoms with E-state index in [1.54, 1.807) is 36.8 Å². The van der Waals surface area contributed by atoms with E-state index >= 15 is 9.59 Å². The number of amides is 4. The molecular weight excluding hydrogens is 1180 g/mol. The summed E-state index contributed by atoms with van der Waals surface area (Å²) in [6.07, 6.45) is 0.894. The molecule has 1 aliphatic rings. The molecule has 0 N–H and O–H groups in total. The summed E-state index contributed by atoms with van der Waals surface area (Å²) in [7, 11) is 5.57. The Kier molecular flexibility index (Phi) is 24.5. The number of benzene rings is 2. The van der Waals surface area contributed by atoms with Crippen molar-refractivity contribution < 1.29 is 57.3 Å². The third-order valence-corrected chi connectivity index (χ3v) is 15.7. The van der Waals surface area contributed by atoms with Crippen molar-refractivity contribution in [3.8, 4) is 0 Å². The molecule has 1 aliphatic heterocycles. The predicted molar refractivity (Wildman–Crippen MR) is 313 cm³/mol. The molecule has 2 aromatic carbocycles. The third kappa shape index (κ3) is 18.3. The van der Waals surface area contributed by atoms with Crippen LogP contribution in [0.2, 0.25) is 0 Å². The molecule has 448 valence electrons. The van der Waals surface area contributed by atoms with Crippen LogP contribution in [0.5, 0.6) is 0 Å². The van der Waals surface area contributed by atoms with E-state index < -0.39 is 96.1 Å². The van der Waals surface area contributed by atoms with Crippen molar-refractivity contribution in [2.24, 2.45) is 23.7 Å². The molecule has 0 spiro atoms. The summed E-state index contributed by atoms with van der Waals surface area (Å²) in [5.74, 6) is -7.49. The number of esters is 4. The van der Waals surface area contributed by atoms with Gasteiger partial charge in [-0.1, -0.05) is 104 Å². The van der Waals surface area contributed by atoms with Gasteiger partial charge in [-0.05, 0) is 117 Å². The zero-order valence-corrected chi connectivity index (χ0v) is 52.9. The largest absolute Gasteiger partial charge is 0.451 e. The smallest absolute Gasteiger partial charge is 0.329 e. The lowest BCUT2D eigenvalue weighted by molar-refractivity contribution is -0.176. The lowest BCUT2D eigenvalue weighted by atomic mass is 9.99. The van der Waals surface area contributed by atoms with E-state index in [9.17, 15) is 28.8 Å². The predicted octanol–water partition coefficient (Wildman–Crippen LogP) is 7.68. The first-order chi connectivity index (χ1) is 38.6. The standard InChI is InChI=1S/C60H82Br2N8O12/c1-35(2)26-45-55(75)79-40(10)52(72)66(12)48(29-38(7)8)58(78)82-50(32-43-16-15-17-44(30-43)34-70-25-23-64-60(70)62)54(74)68(14)46(27-36(3)4)56(76)80-39(9)51(71)65(11)47(28-37(5)6)57(77)81-49(53(73)67(45)13)31-41-18-20-42(21-19-41)33-69-24-22-63-59(69)61/h15-25,30,35-40,45-50H,26-29,31-34H2,1-14H3/t39-,40-,45+,46+,47+,48+,49-,50-/m1/s1. The zero-order chi connectivity index (χ0) is 60.9. The second kappa shape index (κ2) is 30.2. The maximum absolute atomic E-state index is 15.1. The van der Waals surface area contributed by atoms with Gasteiger partial charge in [-0.25, -0.2) is 29.1 Å². The van der Waals surface area contributed by atoms with Crippen molar-refractivity contribution in [3.63, 3.8) is 0 Å². The highest BCUT2D eigenvalue weighted by molar-refractivity contribution is 9.10. The molecule has 22 heteroatoms. The average Bonchev–Trinajstić information content (AvgIpc) is 4.07. The van der Waals surface area contributed by atoms with Gasteiger partial charge in [0.25, 0.3) is 23.6 Å². The summed E-state index contributed by atoms with van der Waals surface area (Å²) in [4.78, 5) is 131.